The lowest BCUT2D eigenvalue weighted by atomic mass is 10.2. The van der Waals surface area contributed by atoms with Crippen LogP contribution in [0.1, 0.15) is 25.7 Å². The van der Waals surface area contributed by atoms with Gasteiger partial charge in [0.2, 0.25) is 0 Å². The maximum Gasteiger partial charge on any atom is 0.327 e. The van der Waals surface area contributed by atoms with E-state index in [-0.39, 0.29) is 6.04 Å². The Bertz CT molecular complexity index is 99.2. The summed E-state index contributed by atoms with van der Waals surface area (Å²) in [7, 11) is 0. The monoisotopic (exact) mass is 127 g/mol. The molecule has 1 aliphatic carbocycles. The van der Waals surface area contributed by atoms with Crippen molar-refractivity contribution in [3.05, 3.63) is 0 Å². The molecule has 0 aromatic rings. The number of carbonyl (C=O) groups excluding carboxylic acids is 1. The molecule has 0 saturated heterocycles. The first-order valence-electron chi connectivity index (χ1n) is 3.26. The first-order valence-corrected chi connectivity index (χ1v) is 3.26. The van der Waals surface area contributed by atoms with E-state index in [1.165, 1.54) is 12.8 Å². The normalized spacial score (nSPS) is 20.1. The molecule has 0 unspecified atom stereocenters. The van der Waals surface area contributed by atoms with Crippen LogP contribution < -0.4 is 5.84 Å². The summed E-state index contributed by atoms with van der Waals surface area (Å²) in [6, 6.07) is 0.266. The SMILES string of the molecule is NN([C]=O)C1CCCC1. The Hall–Kier alpha value is -0.570. The third kappa shape index (κ3) is 1.42. The second-order valence-electron chi connectivity index (χ2n) is 2.44. The standard InChI is InChI=1S/C6H11N2O/c7-8(5-9)6-3-1-2-4-6/h6H,1-4,7H2. The Morgan fingerprint density at radius 1 is 1.44 bits per heavy atom. The summed E-state index contributed by atoms with van der Waals surface area (Å²) in [5.41, 5.74) is 0. The van der Waals surface area contributed by atoms with Crippen molar-refractivity contribution < 1.29 is 4.79 Å². The third-order valence-electron chi connectivity index (χ3n) is 1.82. The Morgan fingerprint density at radius 3 is 2.44 bits per heavy atom. The Balaban J connectivity index is 2.32. The predicted octanol–water partition coefficient (Wildman–Crippen LogP) is 0.172. The van der Waals surface area contributed by atoms with Crippen molar-refractivity contribution in [2.45, 2.75) is 31.7 Å². The Kier molecular flexibility index (Phi) is 2.05. The number of nitrogens with zero attached hydrogens (tertiary/aromatic N) is 1. The van der Waals surface area contributed by atoms with Crippen molar-refractivity contribution >= 4 is 6.41 Å². The highest BCUT2D eigenvalue weighted by Gasteiger charge is 2.18. The number of rotatable bonds is 2. The van der Waals surface area contributed by atoms with Gasteiger partial charge in [0.05, 0.1) is 0 Å². The lowest BCUT2D eigenvalue weighted by Crippen LogP contribution is -2.37. The molecule has 0 aromatic carbocycles. The maximum atomic E-state index is 9.97. The Morgan fingerprint density at radius 2 is 2.00 bits per heavy atom. The van der Waals surface area contributed by atoms with Crippen molar-refractivity contribution in [3.8, 4) is 0 Å². The quantitative estimate of drug-likeness (QED) is 0.249. The van der Waals surface area contributed by atoms with Gasteiger partial charge >= 0.3 is 6.41 Å². The van der Waals surface area contributed by atoms with Crippen LogP contribution in [0.3, 0.4) is 0 Å². The van der Waals surface area contributed by atoms with E-state index in [0.717, 1.165) is 17.9 Å². The smallest absolute Gasteiger partial charge is 0.269 e. The van der Waals surface area contributed by atoms with E-state index in [4.69, 9.17) is 5.84 Å². The molecule has 0 aliphatic heterocycles. The fourth-order valence-electron chi connectivity index (χ4n) is 1.26. The summed E-state index contributed by atoms with van der Waals surface area (Å²) in [6.07, 6.45) is 6.15. The number of hydrogen-bond donors (Lipinski definition) is 1. The molecule has 3 nitrogen and oxygen atoms in total. The van der Waals surface area contributed by atoms with E-state index < -0.39 is 0 Å². The molecule has 9 heavy (non-hydrogen) atoms. The molecular formula is C6H11N2O. The van der Waals surface area contributed by atoms with Gasteiger partial charge in [-0.15, -0.1) is 0 Å². The maximum absolute atomic E-state index is 9.97. The molecule has 0 bridgehead atoms. The van der Waals surface area contributed by atoms with Gasteiger partial charge in [-0.1, -0.05) is 12.8 Å². The third-order valence-corrected chi connectivity index (χ3v) is 1.82. The number of nitrogens with two attached hydrogens (primary N) is 1. The van der Waals surface area contributed by atoms with Crippen molar-refractivity contribution in [2.75, 3.05) is 0 Å². The van der Waals surface area contributed by atoms with Crippen LogP contribution in [0.25, 0.3) is 0 Å². The second-order valence-corrected chi connectivity index (χ2v) is 2.44. The molecule has 1 amide bonds. The zero-order valence-corrected chi connectivity index (χ0v) is 5.34. The molecule has 0 atom stereocenters. The minimum atomic E-state index is 0.266. The molecule has 51 valence electrons. The highest BCUT2D eigenvalue weighted by molar-refractivity contribution is 5.47. The van der Waals surface area contributed by atoms with Crippen LogP contribution in [-0.2, 0) is 4.79 Å². The predicted molar refractivity (Wildman–Crippen MR) is 34.0 cm³/mol. The molecule has 0 heterocycles. The average molecular weight is 127 g/mol. The summed E-state index contributed by atoms with van der Waals surface area (Å²) in [6.45, 7) is 0. The van der Waals surface area contributed by atoms with E-state index >= 15 is 0 Å². The van der Waals surface area contributed by atoms with Gasteiger partial charge < -0.3 is 0 Å². The molecule has 2 N–H and O–H groups in total. The molecular weight excluding hydrogens is 116 g/mol. The van der Waals surface area contributed by atoms with Crippen LogP contribution in [0.15, 0.2) is 0 Å². The first kappa shape index (κ1) is 6.55. The number of hydrogen-bond acceptors (Lipinski definition) is 2. The number of hydrazine groups is 1. The van der Waals surface area contributed by atoms with Gasteiger partial charge in [-0.05, 0) is 12.8 Å². The van der Waals surface area contributed by atoms with Crippen molar-refractivity contribution in [2.24, 2.45) is 5.84 Å². The van der Waals surface area contributed by atoms with Gasteiger partial charge in [0.15, 0.2) is 0 Å². The zero-order chi connectivity index (χ0) is 6.69. The summed E-state index contributed by atoms with van der Waals surface area (Å²) in [5.74, 6) is 5.29. The van der Waals surface area contributed by atoms with Crippen molar-refractivity contribution in [1.29, 1.82) is 0 Å². The summed E-state index contributed by atoms with van der Waals surface area (Å²) < 4.78 is 0. The Labute approximate surface area is 54.8 Å². The molecule has 1 rings (SSSR count). The van der Waals surface area contributed by atoms with Crippen LogP contribution in [0.4, 0.5) is 0 Å². The van der Waals surface area contributed by atoms with Crippen LogP contribution in [0.2, 0.25) is 0 Å². The van der Waals surface area contributed by atoms with E-state index in [1.54, 1.807) is 6.41 Å². The fraction of sp³-hybridized carbons (Fsp3) is 0.833. The van der Waals surface area contributed by atoms with Crippen molar-refractivity contribution in [1.82, 2.24) is 5.01 Å². The minimum Gasteiger partial charge on any atom is -0.269 e. The van der Waals surface area contributed by atoms with Gasteiger partial charge in [-0.25, -0.2) is 5.84 Å². The van der Waals surface area contributed by atoms with E-state index in [2.05, 4.69) is 0 Å². The van der Waals surface area contributed by atoms with Crippen molar-refractivity contribution in [3.63, 3.8) is 0 Å². The minimum absolute atomic E-state index is 0.266. The van der Waals surface area contributed by atoms with Crippen LogP contribution in [0, 0.1) is 0 Å². The number of amides is 1. The fourth-order valence-corrected chi connectivity index (χ4v) is 1.26. The van der Waals surface area contributed by atoms with Gasteiger partial charge in [0.25, 0.3) is 0 Å². The highest BCUT2D eigenvalue weighted by Crippen LogP contribution is 2.20. The van der Waals surface area contributed by atoms with Crippen LogP contribution in [0.5, 0.6) is 0 Å². The topological polar surface area (TPSA) is 46.3 Å². The molecule has 1 fully saturated rings. The molecule has 1 saturated carbocycles. The van der Waals surface area contributed by atoms with E-state index in [1.807, 2.05) is 0 Å². The van der Waals surface area contributed by atoms with E-state index in [0.29, 0.717) is 0 Å². The molecule has 3 heteroatoms. The zero-order valence-electron chi connectivity index (χ0n) is 5.34. The first-order chi connectivity index (χ1) is 4.34. The lowest BCUT2D eigenvalue weighted by Gasteiger charge is -2.15. The molecule has 1 aliphatic rings. The highest BCUT2D eigenvalue weighted by atomic mass is 16.1. The lowest BCUT2D eigenvalue weighted by molar-refractivity contribution is 0.304. The average Bonchev–Trinajstić information content (AvgIpc) is 2.37. The summed E-state index contributed by atoms with van der Waals surface area (Å²) in [4.78, 5) is 9.97. The van der Waals surface area contributed by atoms with Crippen LogP contribution in [-0.4, -0.2) is 17.5 Å². The molecule has 0 aromatic heterocycles. The summed E-state index contributed by atoms with van der Waals surface area (Å²) in [5, 5.41) is 1.16. The van der Waals surface area contributed by atoms with Gasteiger partial charge in [-0.2, -0.15) is 0 Å². The summed E-state index contributed by atoms with van der Waals surface area (Å²) >= 11 is 0. The van der Waals surface area contributed by atoms with Gasteiger partial charge in [-0.3, -0.25) is 9.80 Å². The second kappa shape index (κ2) is 2.82. The molecule has 1 radical (unpaired) electrons. The largest absolute Gasteiger partial charge is 0.327 e. The van der Waals surface area contributed by atoms with E-state index in [9.17, 15) is 4.79 Å². The molecule has 0 spiro atoms. The van der Waals surface area contributed by atoms with Gasteiger partial charge in [0, 0.05) is 6.04 Å². The van der Waals surface area contributed by atoms with Gasteiger partial charge in [0.1, 0.15) is 0 Å². The van der Waals surface area contributed by atoms with Crippen LogP contribution >= 0.6 is 0 Å².